The summed E-state index contributed by atoms with van der Waals surface area (Å²) in [5, 5.41) is 0. The number of carbonyl (C=O) groups excluding carboxylic acids is 2. The average molecular weight is 393 g/mol. The van der Waals surface area contributed by atoms with Crippen LogP contribution in [-0.4, -0.2) is 15.9 Å². The van der Waals surface area contributed by atoms with E-state index in [-0.39, 0.29) is 15.2 Å². The third-order valence-electron chi connectivity index (χ3n) is 8.61. The molecule has 3 saturated carbocycles. The molecule has 0 spiro atoms. The van der Waals surface area contributed by atoms with Crippen LogP contribution in [0.2, 0.25) is 0 Å². The van der Waals surface area contributed by atoms with Gasteiger partial charge in [0.05, 0.1) is 4.32 Å². The summed E-state index contributed by atoms with van der Waals surface area (Å²) >= 11 is 3.91. The van der Waals surface area contributed by atoms with Crippen LogP contribution in [0.25, 0.3) is 0 Å². The van der Waals surface area contributed by atoms with E-state index in [1.165, 1.54) is 24.8 Å². The summed E-state index contributed by atoms with van der Waals surface area (Å²) in [6.07, 6.45) is 10.6. The first-order valence-electron chi connectivity index (χ1n) is 9.66. The van der Waals surface area contributed by atoms with Gasteiger partial charge in [0.2, 0.25) is 0 Å². The first-order chi connectivity index (χ1) is 11.2. The van der Waals surface area contributed by atoms with Gasteiger partial charge in [-0.05, 0) is 86.5 Å². The molecule has 3 heteroatoms. The van der Waals surface area contributed by atoms with Crippen molar-refractivity contribution < 1.29 is 9.59 Å². The number of alkyl halides is 1. The van der Waals surface area contributed by atoms with Crippen molar-refractivity contribution in [3.63, 3.8) is 0 Å². The summed E-state index contributed by atoms with van der Waals surface area (Å²) in [7, 11) is 0. The van der Waals surface area contributed by atoms with Crippen LogP contribution in [0.3, 0.4) is 0 Å². The van der Waals surface area contributed by atoms with Gasteiger partial charge in [-0.2, -0.15) is 0 Å². The van der Waals surface area contributed by atoms with Gasteiger partial charge >= 0.3 is 0 Å². The van der Waals surface area contributed by atoms with E-state index in [9.17, 15) is 9.59 Å². The minimum absolute atomic E-state index is 0.0993. The summed E-state index contributed by atoms with van der Waals surface area (Å²) in [4.78, 5) is 24.3. The van der Waals surface area contributed by atoms with E-state index < -0.39 is 0 Å². The van der Waals surface area contributed by atoms with Gasteiger partial charge in [0.1, 0.15) is 5.78 Å². The predicted octanol–water partition coefficient (Wildman–Crippen LogP) is 5.24. The van der Waals surface area contributed by atoms with E-state index in [0.29, 0.717) is 23.4 Å². The molecule has 3 fully saturated rings. The lowest BCUT2D eigenvalue weighted by Gasteiger charge is -2.59. The number of allylic oxidation sites excluding steroid dienone is 1. The molecule has 0 amide bonds. The summed E-state index contributed by atoms with van der Waals surface area (Å²) in [5.74, 6) is 2.72. The molecule has 0 radical (unpaired) electrons. The molecule has 6 atom stereocenters. The van der Waals surface area contributed by atoms with Crippen molar-refractivity contribution in [2.75, 3.05) is 0 Å². The second-order valence-electron chi connectivity index (χ2n) is 9.32. The average Bonchev–Trinajstić information content (AvgIpc) is 2.81. The van der Waals surface area contributed by atoms with Crippen LogP contribution >= 0.6 is 15.9 Å². The molecule has 4 aliphatic carbocycles. The van der Waals surface area contributed by atoms with Crippen LogP contribution in [0.4, 0.5) is 0 Å². The maximum atomic E-state index is 12.4. The molecule has 132 valence electrons. The number of rotatable bonds is 1. The molecule has 0 aromatic heterocycles. The molecular formula is C21H29BrO2. The van der Waals surface area contributed by atoms with Crippen molar-refractivity contribution in [2.45, 2.75) is 76.5 Å². The summed E-state index contributed by atoms with van der Waals surface area (Å²) < 4.78 is -0.310. The second-order valence-corrected chi connectivity index (χ2v) is 10.7. The third-order valence-corrected chi connectivity index (χ3v) is 10.5. The highest BCUT2D eigenvalue weighted by Gasteiger charge is 2.64. The number of hydrogen-bond acceptors (Lipinski definition) is 2. The van der Waals surface area contributed by atoms with Crippen LogP contribution in [0.15, 0.2) is 11.6 Å². The normalized spacial score (nSPS) is 50.6. The van der Waals surface area contributed by atoms with Crippen molar-refractivity contribution in [1.29, 1.82) is 0 Å². The number of ketones is 2. The first kappa shape index (κ1) is 17.0. The van der Waals surface area contributed by atoms with Gasteiger partial charge in [-0.1, -0.05) is 35.4 Å². The quantitative estimate of drug-likeness (QED) is 0.571. The molecule has 0 aromatic carbocycles. The Morgan fingerprint density at radius 1 is 1.08 bits per heavy atom. The summed E-state index contributed by atoms with van der Waals surface area (Å²) in [6.45, 7) is 6.56. The van der Waals surface area contributed by atoms with E-state index >= 15 is 0 Å². The Morgan fingerprint density at radius 2 is 1.79 bits per heavy atom. The molecule has 4 aliphatic rings. The topological polar surface area (TPSA) is 34.1 Å². The first-order valence-corrected chi connectivity index (χ1v) is 10.5. The third kappa shape index (κ3) is 2.00. The van der Waals surface area contributed by atoms with E-state index in [0.717, 1.165) is 38.0 Å². The van der Waals surface area contributed by atoms with E-state index in [2.05, 4.69) is 29.8 Å². The molecule has 0 heterocycles. The van der Waals surface area contributed by atoms with E-state index in [4.69, 9.17) is 0 Å². The maximum absolute atomic E-state index is 12.4. The highest BCUT2D eigenvalue weighted by atomic mass is 79.9. The predicted molar refractivity (Wildman–Crippen MR) is 99.0 cm³/mol. The Morgan fingerprint density at radius 3 is 2.50 bits per heavy atom. The largest absolute Gasteiger partial charge is 0.298 e. The van der Waals surface area contributed by atoms with Crippen LogP contribution in [0.1, 0.15) is 72.1 Å². The lowest BCUT2D eigenvalue weighted by molar-refractivity contribution is -0.125. The number of halogens is 1. The van der Waals surface area contributed by atoms with E-state index in [1.54, 1.807) is 6.92 Å². The molecule has 0 bridgehead atoms. The molecule has 0 N–H and O–H groups in total. The SMILES string of the molecule is CC(=O)[C@]1(Br)CC[C@H]2[C@H]3CCC4=CC(=O)CC[C@]4(C)[C@H]3CC[C@@]21C. The molecule has 0 saturated heterocycles. The molecule has 24 heavy (non-hydrogen) atoms. The monoisotopic (exact) mass is 392 g/mol. The summed E-state index contributed by atoms with van der Waals surface area (Å²) in [6, 6.07) is 0. The summed E-state index contributed by atoms with van der Waals surface area (Å²) in [5.41, 5.74) is 1.76. The van der Waals surface area contributed by atoms with Crippen molar-refractivity contribution in [1.82, 2.24) is 0 Å². The number of fused-ring (bicyclic) bond motifs is 5. The second kappa shape index (κ2) is 5.28. The van der Waals surface area contributed by atoms with Crippen molar-refractivity contribution in [3.05, 3.63) is 11.6 Å². The minimum atomic E-state index is -0.310. The lowest BCUT2D eigenvalue weighted by Crippen LogP contribution is -2.54. The fourth-order valence-electron chi connectivity index (χ4n) is 7.12. The standard InChI is InChI=1S/C21H29BrO2/c1-13(23)21(22)11-8-18-16-5-4-14-12-15(24)6-9-19(14,2)17(16)7-10-20(18,21)3/h12,16-18H,4-11H2,1-3H3/t16-,17-,18-,19-,20-,21+/m0/s1. The van der Waals surface area contributed by atoms with Crippen LogP contribution < -0.4 is 0 Å². The van der Waals surface area contributed by atoms with Gasteiger partial charge in [0.25, 0.3) is 0 Å². The smallest absolute Gasteiger partial charge is 0.155 e. The van der Waals surface area contributed by atoms with Gasteiger partial charge in [-0.25, -0.2) is 0 Å². The van der Waals surface area contributed by atoms with Crippen molar-refractivity contribution in [2.24, 2.45) is 28.6 Å². The number of hydrogen-bond donors (Lipinski definition) is 0. The highest BCUT2D eigenvalue weighted by molar-refractivity contribution is 9.10. The van der Waals surface area contributed by atoms with Crippen LogP contribution in [0, 0.1) is 28.6 Å². The minimum Gasteiger partial charge on any atom is -0.298 e. The van der Waals surface area contributed by atoms with Crippen molar-refractivity contribution in [3.8, 4) is 0 Å². The lowest BCUT2D eigenvalue weighted by atomic mass is 9.46. The molecule has 4 rings (SSSR count). The Hall–Kier alpha value is -0.440. The van der Waals surface area contributed by atoms with Crippen LogP contribution in [-0.2, 0) is 9.59 Å². The van der Waals surface area contributed by atoms with Gasteiger partial charge < -0.3 is 0 Å². The molecule has 0 unspecified atom stereocenters. The van der Waals surface area contributed by atoms with Gasteiger partial charge in [0.15, 0.2) is 5.78 Å². The molecule has 0 aromatic rings. The molecular weight excluding hydrogens is 364 g/mol. The fourth-order valence-corrected chi connectivity index (χ4v) is 7.84. The Bertz CT molecular complexity index is 638. The molecule has 0 aliphatic heterocycles. The number of Topliss-reactive ketones (excluding diaryl/α,β-unsaturated/α-hetero) is 1. The Kier molecular flexibility index (Phi) is 3.74. The van der Waals surface area contributed by atoms with Crippen LogP contribution in [0.5, 0.6) is 0 Å². The van der Waals surface area contributed by atoms with Crippen molar-refractivity contribution >= 4 is 27.5 Å². The number of carbonyl (C=O) groups is 2. The zero-order valence-electron chi connectivity index (χ0n) is 15.2. The fraction of sp³-hybridized carbons (Fsp3) is 0.810. The zero-order valence-corrected chi connectivity index (χ0v) is 16.7. The van der Waals surface area contributed by atoms with Gasteiger partial charge in [0, 0.05) is 6.42 Å². The van der Waals surface area contributed by atoms with Gasteiger partial charge in [-0.3, -0.25) is 9.59 Å². The maximum Gasteiger partial charge on any atom is 0.155 e. The Balaban J connectivity index is 1.70. The van der Waals surface area contributed by atoms with Gasteiger partial charge in [-0.15, -0.1) is 0 Å². The highest BCUT2D eigenvalue weighted by Crippen LogP contribution is 2.69. The zero-order chi connectivity index (χ0) is 17.3. The molecule has 2 nitrogen and oxygen atoms in total. The Labute approximate surface area is 154 Å². The van der Waals surface area contributed by atoms with E-state index in [1.807, 2.05) is 6.08 Å².